The predicted molar refractivity (Wildman–Crippen MR) is 125 cm³/mol. The summed E-state index contributed by atoms with van der Waals surface area (Å²) >= 11 is 0. The van der Waals surface area contributed by atoms with Crippen LogP contribution in [0.15, 0.2) is 24.3 Å². The number of carbonyl (C=O) groups excluding carboxylic acids is 3. The summed E-state index contributed by atoms with van der Waals surface area (Å²) in [5, 5.41) is 2.70. The lowest BCUT2D eigenvalue weighted by atomic mass is 9.83. The van der Waals surface area contributed by atoms with Crippen molar-refractivity contribution in [3.05, 3.63) is 29.8 Å². The number of benzene rings is 1. The minimum absolute atomic E-state index is 0.0151. The molecule has 0 bridgehead atoms. The molecule has 0 saturated carbocycles. The number of urea groups is 1. The van der Waals surface area contributed by atoms with E-state index in [1.807, 2.05) is 31.3 Å². The third kappa shape index (κ3) is 5.49. The van der Waals surface area contributed by atoms with E-state index in [-0.39, 0.29) is 24.8 Å². The van der Waals surface area contributed by atoms with Crippen LogP contribution >= 0.6 is 0 Å². The maximum atomic E-state index is 12.9. The SMILES string of the molecule is COc1ccc(CCN2C(=O)N[C@H](CC(=O)N(C)C[C@H]3CCCN4CCCC[C@H]34)C2=O)cc1. The highest BCUT2D eigenvalue weighted by Gasteiger charge is 2.40. The Bertz CT molecular complexity index is 856. The minimum atomic E-state index is -0.777. The molecule has 8 nitrogen and oxygen atoms in total. The van der Waals surface area contributed by atoms with Gasteiger partial charge in [0.2, 0.25) is 5.91 Å². The van der Waals surface area contributed by atoms with Crippen molar-refractivity contribution in [2.75, 3.05) is 40.3 Å². The van der Waals surface area contributed by atoms with Crippen molar-refractivity contribution in [2.24, 2.45) is 5.92 Å². The Morgan fingerprint density at radius 1 is 1.12 bits per heavy atom. The number of amides is 4. The Morgan fingerprint density at radius 3 is 2.64 bits per heavy atom. The van der Waals surface area contributed by atoms with Crippen molar-refractivity contribution in [3.63, 3.8) is 0 Å². The number of fused-ring (bicyclic) bond motifs is 1. The van der Waals surface area contributed by atoms with E-state index < -0.39 is 12.1 Å². The zero-order valence-corrected chi connectivity index (χ0v) is 19.8. The van der Waals surface area contributed by atoms with Crippen LogP contribution in [0.3, 0.4) is 0 Å². The molecule has 0 spiro atoms. The predicted octanol–water partition coefficient (Wildman–Crippen LogP) is 2.27. The Hall–Kier alpha value is -2.61. The number of carbonyl (C=O) groups is 3. The van der Waals surface area contributed by atoms with E-state index in [0.29, 0.717) is 18.4 Å². The van der Waals surface area contributed by atoms with Gasteiger partial charge in [0.05, 0.1) is 13.5 Å². The fraction of sp³-hybridized carbons (Fsp3) is 0.640. The number of hydrogen-bond acceptors (Lipinski definition) is 5. The van der Waals surface area contributed by atoms with Crippen LogP contribution in [0.1, 0.15) is 44.1 Å². The van der Waals surface area contributed by atoms with Gasteiger partial charge in [0.15, 0.2) is 0 Å². The van der Waals surface area contributed by atoms with Crippen molar-refractivity contribution >= 4 is 17.8 Å². The highest BCUT2D eigenvalue weighted by atomic mass is 16.5. The molecule has 1 aromatic carbocycles. The molecule has 0 aromatic heterocycles. The number of hydrogen-bond donors (Lipinski definition) is 1. The van der Waals surface area contributed by atoms with Crippen LogP contribution in [0.5, 0.6) is 5.75 Å². The van der Waals surface area contributed by atoms with Crippen molar-refractivity contribution in [3.8, 4) is 5.75 Å². The molecular weight excluding hydrogens is 420 g/mol. The van der Waals surface area contributed by atoms with Crippen molar-refractivity contribution in [1.82, 2.24) is 20.0 Å². The fourth-order valence-corrected chi connectivity index (χ4v) is 5.53. The zero-order chi connectivity index (χ0) is 23.4. The first-order valence-corrected chi connectivity index (χ1v) is 12.2. The Morgan fingerprint density at radius 2 is 1.88 bits per heavy atom. The Labute approximate surface area is 196 Å². The van der Waals surface area contributed by atoms with E-state index in [4.69, 9.17) is 4.74 Å². The molecule has 0 aliphatic carbocycles. The molecule has 8 heteroatoms. The summed E-state index contributed by atoms with van der Waals surface area (Å²) in [7, 11) is 3.44. The quantitative estimate of drug-likeness (QED) is 0.607. The molecule has 3 saturated heterocycles. The summed E-state index contributed by atoms with van der Waals surface area (Å²) in [4.78, 5) is 43.7. The van der Waals surface area contributed by atoms with E-state index in [1.54, 1.807) is 12.0 Å². The summed E-state index contributed by atoms with van der Waals surface area (Å²) in [5.74, 6) is 0.855. The summed E-state index contributed by atoms with van der Waals surface area (Å²) in [5.41, 5.74) is 1.01. The van der Waals surface area contributed by atoms with Crippen LogP contribution in [0.4, 0.5) is 4.79 Å². The Kier molecular flexibility index (Phi) is 7.53. The molecule has 1 aromatic rings. The van der Waals surface area contributed by atoms with Crippen LogP contribution < -0.4 is 10.1 Å². The number of rotatable bonds is 8. The van der Waals surface area contributed by atoms with Crippen molar-refractivity contribution in [2.45, 2.75) is 57.0 Å². The van der Waals surface area contributed by atoms with Crippen molar-refractivity contribution in [1.29, 1.82) is 0 Å². The minimum Gasteiger partial charge on any atom is -0.497 e. The number of methoxy groups -OCH3 is 1. The van der Waals surface area contributed by atoms with E-state index in [1.165, 1.54) is 43.7 Å². The highest BCUT2D eigenvalue weighted by Crippen LogP contribution is 2.31. The first kappa shape index (κ1) is 23.5. The van der Waals surface area contributed by atoms with Gasteiger partial charge in [-0.25, -0.2) is 4.79 Å². The van der Waals surface area contributed by atoms with Crippen LogP contribution in [-0.2, 0) is 16.0 Å². The molecule has 3 aliphatic rings. The molecular formula is C25H36N4O4. The highest BCUT2D eigenvalue weighted by molar-refractivity contribution is 6.05. The molecule has 4 rings (SSSR count). The first-order chi connectivity index (χ1) is 16.0. The van der Waals surface area contributed by atoms with Gasteiger partial charge >= 0.3 is 6.03 Å². The molecule has 0 unspecified atom stereocenters. The number of nitrogens with zero attached hydrogens (tertiary/aromatic N) is 3. The van der Waals surface area contributed by atoms with Crippen LogP contribution in [-0.4, -0.2) is 85.0 Å². The molecule has 0 radical (unpaired) electrons. The molecule has 3 heterocycles. The zero-order valence-electron chi connectivity index (χ0n) is 19.8. The summed E-state index contributed by atoms with van der Waals surface area (Å²) in [6.45, 7) is 3.36. The molecule has 3 fully saturated rings. The van der Waals surface area contributed by atoms with Crippen LogP contribution in [0.2, 0.25) is 0 Å². The average molecular weight is 457 g/mol. The van der Waals surface area contributed by atoms with E-state index >= 15 is 0 Å². The smallest absolute Gasteiger partial charge is 0.324 e. The standard InChI is InChI=1S/C25H36N4O4/c1-27(17-19-6-5-14-28-13-4-3-7-22(19)28)23(30)16-21-24(31)29(25(32)26-21)15-12-18-8-10-20(33-2)11-9-18/h8-11,19,21-22H,3-7,12-17H2,1-2H3,(H,26,32)/t19-,21-,22-/m1/s1. The molecule has 1 N–H and O–H groups in total. The fourth-order valence-electron chi connectivity index (χ4n) is 5.53. The second-order valence-corrected chi connectivity index (χ2v) is 9.57. The molecule has 3 aliphatic heterocycles. The van der Waals surface area contributed by atoms with Gasteiger partial charge in [-0.2, -0.15) is 0 Å². The van der Waals surface area contributed by atoms with Gasteiger partial charge in [0.1, 0.15) is 11.8 Å². The lowest BCUT2D eigenvalue weighted by Crippen LogP contribution is -2.51. The third-order valence-electron chi connectivity index (χ3n) is 7.43. The molecule has 180 valence electrons. The van der Waals surface area contributed by atoms with E-state index in [2.05, 4.69) is 10.2 Å². The average Bonchev–Trinajstić information content (AvgIpc) is 3.10. The van der Waals surface area contributed by atoms with Gasteiger partial charge in [-0.15, -0.1) is 0 Å². The number of imide groups is 1. The second kappa shape index (κ2) is 10.5. The van der Waals surface area contributed by atoms with Gasteiger partial charge in [-0.1, -0.05) is 18.6 Å². The maximum Gasteiger partial charge on any atom is 0.324 e. The normalized spacial score (nSPS) is 25.5. The monoisotopic (exact) mass is 456 g/mol. The lowest BCUT2D eigenvalue weighted by Gasteiger charge is -2.45. The van der Waals surface area contributed by atoms with Crippen LogP contribution in [0.25, 0.3) is 0 Å². The number of ether oxygens (including phenoxy) is 1. The summed E-state index contributed by atoms with van der Waals surface area (Å²) in [6, 6.07) is 6.94. The second-order valence-electron chi connectivity index (χ2n) is 9.57. The van der Waals surface area contributed by atoms with Gasteiger partial charge in [0, 0.05) is 26.2 Å². The van der Waals surface area contributed by atoms with E-state index in [9.17, 15) is 14.4 Å². The summed E-state index contributed by atoms with van der Waals surface area (Å²) < 4.78 is 5.16. The summed E-state index contributed by atoms with van der Waals surface area (Å²) in [6.07, 6.45) is 6.67. The first-order valence-electron chi connectivity index (χ1n) is 12.2. The molecule has 33 heavy (non-hydrogen) atoms. The molecule has 4 amide bonds. The number of nitrogens with one attached hydrogen (secondary N) is 1. The molecule has 3 atom stereocenters. The van der Waals surface area contributed by atoms with Crippen LogP contribution in [0, 0.1) is 5.92 Å². The van der Waals surface area contributed by atoms with Gasteiger partial charge in [-0.05, 0) is 68.8 Å². The van der Waals surface area contributed by atoms with Gasteiger partial charge < -0.3 is 19.9 Å². The number of piperidine rings is 2. The topological polar surface area (TPSA) is 82.2 Å². The lowest BCUT2D eigenvalue weighted by molar-refractivity contribution is -0.135. The third-order valence-corrected chi connectivity index (χ3v) is 7.43. The van der Waals surface area contributed by atoms with Gasteiger partial charge in [-0.3, -0.25) is 14.5 Å². The maximum absolute atomic E-state index is 12.9. The van der Waals surface area contributed by atoms with Gasteiger partial charge in [0.25, 0.3) is 5.91 Å². The Balaban J connectivity index is 1.27. The van der Waals surface area contributed by atoms with Crippen molar-refractivity contribution < 1.29 is 19.1 Å². The van der Waals surface area contributed by atoms with E-state index in [0.717, 1.165) is 24.3 Å². The largest absolute Gasteiger partial charge is 0.497 e.